The molecule has 2 aromatic rings. The molecular formula is C18H21ClN2O3S. The molecule has 25 heavy (non-hydrogen) atoms. The second-order valence-corrected chi connectivity index (χ2v) is 7.13. The van der Waals surface area contributed by atoms with Crippen LogP contribution >= 0.6 is 22.9 Å². The number of hydrogen-bond acceptors (Lipinski definition) is 5. The van der Waals surface area contributed by atoms with Gasteiger partial charge in [-0.1, -0.05) is 0 Å². The molecule has 0 unspecified atom stereocenters. The number of ether oxygens (including phenoxy) is 2. The van der Waals surface area contributed by atoms with E-state index in [0.717, 1.165) is 28.4 Å². The van der Waals surface area contributed by atoms with E-state index in [1.807, 2.05) is 36.1 Å². The zero-order valence-corrected chi connectivity index (χ0v) is 15.7. The predicted octanol–water partition coefficient (Wildman–Crippen LogP) is 3.60. The fourth-order valence-corrected chi connectivity index (χ4v) is 3.72. The van der Waals surface area contributed by atoms with Crippen LogP contribution in [0.1, 0.15) is 21.8 Å². The van der Waals surface area contributed by atoms with Gasteiger partial charge in [-0.2, -0.15) is 0 Å². The Labute approximate surface area is 156 Å². The van der Waals surface area contributed by atoms with Crippen LogP contribution in [0.3, 0.4) is 0 Å². The van der Waals surface area contributed by atoms with Gasteiger partial charge < -0.3 is 14.4 Å². The van der Waals surface area contributed by atoms with Gasteiger partial charge in [-0.05, 0) is 37.6 Å². The van der Waals surface area contributed by atoms with Gasteiger partial charge >= 0.3 is 0 Å². The molecule has 0 bridgehead atoms. The summed E-state index contributed by atoms with van der Waals surface area (Å²) in [5, 5.41) is 0.849. The van der Waals surface area contributed by atoms with Gasteiger partial charge in [0.1, 0.15) is 15.6 Å². The first-order chi connectivity index (χ1) is 12.2. The minimum atomic E-state index is 0.0468. The van der Waals surface area contributed by atoms with Gasteiger partial charge in [-0.15, -0.1) is 22.9 Å². The maximum absolute atomic E-state index is 12.7. The number of hydrogen-bond donors (Lipinski definition) is 0. The fourth-order valence-electron chi connectivity index (χ4n) is 2.57. The number of carbonyl (C=O) groups excluding carboxylic acids is 1. The minimum absolute atomic E-state index is 0.0468. The van der Waals surface area contributed by atoms with Gasteiger partial charge in [0.2, 0.25) is 0 Å². The van der Waals surface area contributed by atoms with Crippen LogP contribution in [0.25, 0.3) is 10.6 Å². The van der Waals surface area contributed by atoms with Crippen molar-refractivity contribution in [1.29, 1.82) is 0 Å². The Balaban J connectivity index is 1.72. The highest BCUT2D eigenvalue weighted by Crippen LogP contribution is 2.30. The molecule has 1 fully saturated rings. The van der Waals surface area contributed by atoms with Crippen LogP contribution in [0.5, 0.6) is 5.75 Å². The Morgan fingerprint density at radius 2 is 2.04 bits per heavy atom. The number of nitrogens with zero attached hydrogens (tertiary/aromatic N) is 2. The molecule has 134 valence electrons. The lowest BCUT2D eigenvalue weighted by Gasteiger charge is -2.26. The summed E-state index contributed by atoms with van der Waals surface area (Å²) >= 11 is 7.09. The highest BCUT2D eigenvalue weighted by Gasteiger charge is 2.23. The molecule has 1 aromatic carbocycles. The SMILES string of the molecule is Cc1nc(-c2ccc(OCCCCl)cc2)sc1C(=O)N1CCOCC1. The Morgan fingerprint density at radius 1 is 1.32 bits per heavy atom. The normalized spacial score (nSPS) is 14.6. The first-order valence-corrected chi connectivity index (χ1v) is 9.68. The van der Waals surface area contributed by atoms with Crippen molar-refractivity contribution in [3.8, 4) is 16.3 Å². The summed E-state index contributed by atoms with van der Waals surface area (Å²) in [6.45, 7) is 4.97. The highest BCUT2D eigenvalue weighted by atomic mass is 35.5. The third-order valence-electron chi connectivity index (χ3n) is 3.94. The average Bonchev–Trinajstić information content (AvgIpc) is 3.04. The van der Waals surface area contributed by atoms with E-state index in [0.29, 0.717) is 43.7 Å². The van der Waals surface area contributed by atoms with E-state index < -0.39 is 0 Å². The van der Waals surface area contributed by atoms with E-state index in [1.165, 1.54) is 11.3 Å². The summed E-state index contributed by atoms with van der Waals surface area (Å²) in [7, 11) is 0. The number of alkyl halides is 1. The molecular weight excluding hydrogens is 360 g/mol. The van der Waals surface area contributed by atoms with Crippen LogP contribution in [-0.2, 0) is 4.74 Å². The summed E-state index contributed by atoms with van der Waals surface area (Å²) < 4.78 is 10.9. The first-order valence-electron chi connectivity index (χ1n) is 8.32. The summed E-state index contributed by atoms with van der Waals surface area (Å²) in [4.78, 5) is 19.8. The first kappa shape index (κ1) is 18.2. The maximum atomic E-state index is 12.7. The molecule has 7 heteroatoms. The number of carbonyl (C=O) groups is 1. The maximum Gasteiger partial charge on any atom is 0.266 e. The number of aryl methyl sites for hydroxylation is 1. The molecule has 1 saturated heterocycles. The van der Waals surface area contributed by atoms with Crippen LogP contribution < -0.4 is 4.74 Å². The minimum Gasteiger partial charge on any atom is -0.494 e. The number of morpholine rings is 1. The molecule has 0 atom stereocenters. The van der Waals surface area contributed by atoms with Crippen molar-refractivity contribution in [3.05, 3.63) is 34.8 Å². The smallest absolute Gasteiger partial charge is 0.266 e. The summed E-state index contributed by atoms with van der Waals surface area (Å²) in [6.07, 6.45) is 0.821. The van der Waals surface area contributed by atoms with Crippen LogP contribution in [0.4, 0.5) is 0 Å². The Morgan fingerprint density at radius 3 is 2.72 bits per heavy atom. The van der Waals surface area contributed by atoms with E-state index in [4.69, 9.17) is 21.1 Å². The van der Waals surface area contributed by atoms with Gasteiger partial charge in [0.15, 0.2) is 0 Å². The number of benzene rings is 1. The molecule has 0 radical (unpaired) electrons. The van der Waals surface area contributed by atoms with Crippen LogP contribution in [-0.4, -0.2) is 54.6 Å². The summed E-state index contributed by atoms with van der Waals surface area (Å²) in [6, 6.07) is 7.78. The Bertz CT molecular complexity index is 712. The van der Waals surface area contributed by atoms with Crippen molar-refractivity contribution in [2.45, 2.75) is 13.3 Å². The third-order valence-corrected chi connectivity index (χ3v) is 5.40. The van der Waals surface area contributed by atoms with Gasteiger partial charge in [0, 0.05) is 24.5 Å². The molecule has 3 rings (SSSR count). The quantitative estimate of drug-likeness (QED) is 0.567. The number of rotatable bonds is 6. The largest absolute Gasteiger partial charge is 0.494 e. The molecule has 5 nitrogen and oxygen atoms in total. The molecule has 0 aliphatic carbocycles. The van der Waals surface area contributed by atoms with E-state index in [-0.39, 0.29) is 5.91 Å². The van der Waals surface area contributed by atoms with Gasteiger partial charge in [-0.3, -0.25) is 4.79 Å². The van der Waals surface area contributed by atoms with Crippen molar-refractivity contribution in [3.63, 3.8) is 0 Å². The molecule has 1 aliphatic rings. The van der Waals surface area contributed by atoms with Crippen LogP contribution in [0, 0.1) is 6.92 Å². The van der Waals surface area contributed by atoms with E-state index in [9.17, 15) is 4.79 Å². The highest BCUT2D eigenvalue weighted by molar-refractivity contribution is 7.17. The number of aromatic nitrogens is 1. The van der Waals surface area contributed by atoms with Crippen LogP contribution in [0.2, 0.25) is 0 Å². The predicted molar refractivity (Wildman–Crippen MR) is 99.8 cm³/mol. The fraction of sp³-hybridized carbons (Fsp3) is 0.444. The third kappa shape index (κ3) is 4.51. The zero-order chi connectivity index (χ0) is 17.6. The van der Waals surface area contributed by atoms with Crippen molar-refractivity contribution in [2.24, 2.45) is 0 Å². The zero-order valence-electron chi connectivity index (χ0n) is 14.2. The molecule has 0 spiro atoms. The van der Waals surface area contributed by atoms with E-state index >= 15 is 0 Å². The van der Waals surface area contributed by atoms with E-state index in [2.05, 4.69) is 4.98 Å². The molecule has 0 N–H and O–H groups in total. The lowest BCUT2D eigenvalue weighted by molar-refractivity contribution is 0.0305. The molecule has 0 saturated carbocycles. The lowest BCUT2D eigenvalue weighted by atomic mass is 10.2. The van der Waals surface area contributed by atoms with Gasteiger partial charge in [0.05, 0.1) is 25.5 Å². The lowest BCUT2D eigenvalue weighted by Crippen LogP contribution is -2.40. The second kappa shape index (κ2) is 8.65. The topological polar surface area (TPSA) is 51.7 Å². The second-order valence-electron chi connectivity index (χ2n) is 5.75. The van der Waals surface area contributed by atoms with Crippen molar-refractivity contribution in [2.75, 3.05) is 38.8 Å². The Hall–Kier alpha value is -1.63. The van der Waals surface area contributed by atoms with Crippen LogP contribution in [0.15, 0.2) is 24.3 Å². The van der Waals surface area contributed by atoms with Crippen molar-refractivity contribution >= 4 is 28.8 Å². The summed E-state index contributed by atoms with van der Waals surface area (Å²) in [5.41, 5.74) is 1.76. The average molecular weight is 381 g/mol. The van der Waals surface area contributed by atoms with Gasteiger partial charge in [0.25, 0.3) is 5.91 Å². The standard InChI is InChI=1S/C18H21ClN2O3S/c1-13-16(18(22)21-8-11-23-12-9-21)25-17(20-13)14-3-5-15(6-4-14)24-10-2-7-19/h3-6H,2,7-12H2,1H3. The summed E-state index contributed by atoms with van der Waals surface area (Å²) in [5.74, 6) is 1.45. The Kier molecular flexibility index (Phi) is 6.29. The monoisotopic (exact) mass is 380 g/mol. The molecule has 2 heterocycles. The van der Waals surface area contributed by atoms with Crippen molar-refractivity contribution in [1.82, 2.24) is 9.88 Å². The van der Waals surface area contributed by atoms with Gasteiger partial charge in [-0.25, -0.2) is 4.98 Å². The number of thiazole rings is 1. The van der Waals surface area contributed by atoms with Crippen molar-refractivity contribution < 1.29 is 14.3 Å². The molecule has 1 amide bonds. The van der Waals surface area contributed by atoms with E-state index in [1.54, 1.807) is 0 Å². The molecule has 1 aliphatic heterocycles. The number of amides is 1. The molecule has 1 aromatic heterocycles. The number of halogens is 1.